The average Bonchev–Trinajstić information content (AvgIpc) is 2.75. The first-order chi connectivity index (χ1) is 14.4. The molecule has 2 N–H and O–H groups in total. The van der Waals surface area contributed by atoms with Gasteiger partial charge in [-0.1, -0.05) is 47.1 Å². The normalized spacial score (nSPS) is 21.8. The summed E-state index contributed by atoms with van der Waals surface area (Å²) >= 11 is 3.57. The summed E-state index contributed by atoms with van der Waals surface area (Å²) in [7, 11) is 0. The van der Waals surface area contributed by atoms with Crippen molar-refractivity contribution in [1.82, 2.24) is 10.2 Å². The molecule has 4 rings (SSSR count). The fourth-order valence-electron chi connectivity index (χ4n) is 4.68. The standard InChI is InChI=1S/C25H32BrN3O/c1-4-18-5-7-19(8-6-18)22-16-23(21-15-20(26)9-10-24(21)30)28-25(27-22)11-13-29(14-12-25)17(2)3/h5-10,15,17,23,28,30H,4,11-14,16H2,1-3H3/t23-/m0/s1. The molecule has 0 saturated carbocycles. The molecule has 4 nitrogen and oxygen atoms in total. The van der Waals surface area contributed by atoms with Crippen molar-refractivity contribution in [1.29, 1.82) is 0 Å². The first-order valence-corrected chi connectivity index (χ1v) is 11.9. The number of hydrogen-bond acceptors (Lipinski definition) is 4. The van der Waals surface area contributed by atoms with E-state index in [4.69, 9.17) is 4.99 Å². The fraction of sp³-hybridized carbons (Fsp3) is 0.480. The quantitative estimate of drug-likeness (QED) is 0.626. The van der Waals surface area contributed by atoms with Crippen molar-refractivity contribution >= 4 is 21.6 Å². The van der Waals surface area contributed by atoms with Gasteiger partial charge in [0.05, 0.1) is 0 Å². The lowest BCUT2D eigenvalue weighted by Crippen LogP contribution is -2.56. The topological polar surface area (TPSA) is 47.9 Å². The predicted octanol–water partition coefficient (Wildman–Crippen LogP) is 5.44. The lowest BCUT2D eigenvalue weighted by Gasteiger charge is -2.46. The minimum absolute atomic E-state index is 0.0338. The van der Waals surface area contributed by atoms with Gasteiger partial charge in [-0.2, -0.15) is 0 Å². The molecule has 2 aliphatic heterocycles. The Morgan fingerprint density at radius 3 is 2.50 bits per heavy atom. The van der Waals surface area contributed by atoms with Crippen LogP contribution in [0.5, 0.6) is 5.75 Å². The molecule has 30 heavy (non-hydrogen) atoms. The fourth-order valence-corrected chi connectivity index (χ4v) is 5.06. The molecule has 2 aromatic carbocycles. The van der Waals surface area contributed by atoms with Crippen LogP contribution >= 0.6 is 15.9 Å². The molecule has 1 saturated heterocycles. The van der Waals surface area contributed by atoms with Crippen LogP contribution in [0.25, 0.3) is 0 Å². The highest BCUT2D eigenvalue weighted by atomic mass is 79.9. The average molecular weight is 470 g/mol. The molecule has 0 unspecified atom stereocenters. The second kappa shape index (κ2) is 8.81. The molecule has 0 radical (unpaired) electrons. The Hall–Kier alpha value is -1.69. The third-order valence-corrected chi connectivity index (χ3v) is 7.10. The number of hydrogen-bond donors (Lipinski definition) is 2. The number of nitrogens with one attached hydrogen (secondary N) is 1. The van der Waals surface area contributed by atoms with Crippen LogP contribution in [-0.2, 0) is 6.42 Å². The van der Waals surface area contributed by atoms with Crippen molar-refractivity contribution in [2.45, 2.75) is 64.2 Å². The molecule has 0 aliphatic carbocycles. The Morgan fingerprint density at radius 2 is 1.87 bits per heavy atom. The maximum atomic E-state index is 10.6. The summed E-state index contributed by atoms with van der Waals surface area (Å²) in [6.45, 7) is 8.78. The highest BCUT2D eigenvalue weighted by Crippen LogP contribution is 2.38. The second-order valence-corrected chi connectivity index (χ2v) is 9.79. The first-order valence-electron chi connectivity index (χ1n) is 11.1. The van der Waals surface area contributed by atoms with Gasteiger partial charge in [-0.25, -0.2) is 0 Å². The van der Waals surface area contributed by atoms with Crippen LogP contribution in [0.1, 0.15) is 62.8 Å². The van der Waals surface area contributed by atoms with Crippen LogP contribution in [-0.4, -0.2) is 40.5 Å². The van der Waals surface area contributed by atoms with Crippen LogP contribution in [0.3, 0.4) is 0 Å². The molecule has 0 amide bonds. The maximum absolute atomic E-state index is 10.6. The second-order valence-electron chi connectivity index (χ2n) is 8.87. The summed E-state index contributed by atoms with van der Waals surface area (Å²) in [5.41, 5.74) is 4.33. The van der Waals surface area contributed by atoms with Gasteiger partial charge in [-0.15, -0.1) is 0 Å². The Balaban J connectivity index is 1.70. The molecular formula is C25H32BrN3O. The molecule has 0 aromatic heterocycles. The van der Waals surface area contributed by atoms with E-state index >= 15 is 0 Å². The number of aryl methyl sites for hydroxylation is 1. The lowest BCUT2D eigenvalue weighted by atomic mass is 9.87. The summed E-state index contributed by atoms with van der Waals surface area (Å²) in [4.78, 5) is 7.83. The lowest BCUT2D eigenvalue weighted by molar-refractivity contribution is 0.103. The largest absolute Gasteiger partial charge is 0.508 e. The Kier molecular flexibility index (Phi) is 6.33. The predicted molar refractivity (Wildman–Crippen MR) is 127 cm³/mol. The molecule has 160 valence electrons. The summed E-state index contributed by atoms with van der Waals surface area (Å²) < 4.78 is 0.983. The van der Waals surface area contributed by atoms with E-state index < -0.39 is 0 Å². The summed E-state index contributed by atoms with van der Waals surface area (Å²) in [5.74, 6) is 0.341. The van der Waals surface area contributed by atoms with E-state index in [9.17, 15) is 5.11 Å². The monoisotopic (exact) mass is 469 g/mol. The number of rotatable bonds is 4. The van der Waals surface area contributed by atoms with Gasteiger partial charge in [0.25, 0.3) is 0 Å². The zero-order chi connectivity index (χ0) is 21.3. The smallest absolute Gasteiger partial charge is 0.120 e. The molecular weight excluding hydrogens is 438 g/mol. The third kappa shape index (κ3) is 4.48. The van der Waals surface area contributed by atoms with Crippen LogP contribution in [0.4, 0.5) is 0 Å². The van der Waals surface area contributed by atoms with Crippen LogP contribution < -0.4 is 5.32 Å². The number of benzene rings is 2. The molecule has 2 aromatic rings. The number of aliphatic imine (C=N–C) groups is 1. The van der Waals surface area contributed by atoms with E-state index in [2.05, 4.69) is 71.2 Å². The van der Waals surface area contributed by atoms with Gasteiger partial charge in [0, 0.05) is 47.3 Å². The van der Waals surface area contributed by atoms with E-state index in [1.165, 1.54) is 11.1 Å². The van der Waals surface area contributed by atoms with Crippen molar-refractivity contribution in [3.05, 3.63) is 63.6 Å². The van der Waals surface area contributed by atoms with Gasteiger partial charge in [0.15, 0.2) is 0 Å². The van der Waals surface area contributed by atoms with E-state index in [1.807, 2.05) is 12.1 Å². The van der Waals surface area contributed by atoms with Gasteiger partial charge in [-0.05, 0) is 62.4 Å². The van der Waals surface area contributed by atoms with Crippen LogP contribution in [0.2, 0.25) is 0 Å². The number of nitrogens with zero attached hydrogens (tertiary/aromatic N) is 2. The van der Waals surface area contributed by atoms with Gasteiger partial charge in [0.2, 0.25) is 0 Å². The van der Waals surface area contributed by atoms with Crippen molar-refractivity contribution in [2.75, 3.05) is 13.1 Å². The number of aromatic hydroxyl groups is 1. The number of phenols is 1. The van der Waals surface area contributed by atoms with Gasteiger partial charge < -0.3 is 10.0 Å². The maximum Gasteiger partial charge on any atom is 0.120 e. The first kappa shape index (κ1) is 21.5. The van der Waals surface area contributed by atoms with E-state index in [0.717, 1.165) is 54.5 Å². The number of likely N-dealkylation sites (tertiary alicyclic amines) is 1. The van der Waals surface area contributed by atoms with Crippen molar-refractivity contribution < 1.29 is 5.11 Å². The number of halogens is 1. The van der Waals surface area contributed by atoms with Crippen molar-refractivity contribution in [2.24, 2.45) is 4.99 Å². The van der Waals surface area contributed by atoms with Crippen molar-refractivity contribution in [3.63, 3.8) is 0 Å². The zero-order valence-electron chi connectivity index (χ0n) is 18.2. The molecule has 1 atom stereocenters. The summed E-state index contributed by atoms with van der Waals surface area (Å²) in [6.07, 6.45) is 3.77. The molecule has 1 fully saturated rings. The van der Waals surface area contributed by atoms with Gasteiger partial charge in [0.1, 0.15) is 11.4 Å². The Labute approximate surface area is 188 Å². The van der Waals surface area contributed by atoms with E-state index in [0.29, 0.717) is 11.8 Å². The van der Waals surface area contributed by atoms with Gasteiger partial charge in [-0.3, -0.25) is 10.3 Å². The minimum atomic E-state index is -0.276. The Morgan fingerprint density at radius 1 is 1.17 bits per heavy atom. The summed E-state index contributed by atoms with van der Waals surface area (Å²) in [5, 5.41) is 14.4. The molecule has 2 aliphatic rings. The van der Waals surface area contributed by atoms with Crippen LogP contribution in [0, 0.1) is 0 Å². The highest BCUT2D eigenvalue weighted by molar-refractivity contribution is 9.10. The zero-order valence-corrected chi connectivity index (χ0v) is 19.7. The molecule has 1 spiro atoms. The molecule has 5 heteroatoms. The number of phenolic OH excluding ortho intramolecular Hbond substituents is 1. The molecule has 2 heterocycles. The molecule has 0 bridgehead atoms. The van der Waals surface area contributed by atoms with Crippen molar-refractivity contribution in [3.8, 4) is 5.75 Å². The van der Waals surface area contributed by atoms with E-state index in [-0.39, 0.29) is 11.7 Å². The summed E-state index contributed by atoms with van der Waals surface area (Å²) in [6, 6.07) is 15.1. The van der Waals surface area contributed by atoms with E-state index in [1.54, 1.807) is 6.07 Å². The van der Waals surface area contributed by atoms with Gasteiger partial charge >= 0.3 is 0 Å². The highest BCUT2D eigenvalue weighted by Gasteiger charge is 2.40. The SMILES string of the molecule is CCc1ccc(C2=NC3(CCN(C(C)C)CC3)N[C@H](c3cc(Br)ccc3O)C2)cc1. The Bertz CT molecular complexity index is 914. The number of piperidine rings is 1. The minimum Gasteiger partial charge on any atom is -0.508 e. The van der Waals surface area contributed by atoms with Crippen LogP contribution in [0.15, 0.2) is 51.9 Å². The third-order valence-electron chi connectivity index (χ3n) is 6.61.